The normalized spacial score (nSPS) is 11.0. The number of rotatable bonds is 6. The van der Waals surface area contributed by atoms with Crippen molar-refractivity contribution in [3.8, 4) is 0 Å². The van der Waals surface area contributed by atoms with Gasteiger partial charge in [0.2, 0.25) is 5.13 Å². The average molecular weight is 467 g/mol. The Balaban J connectivity index is 1.78. The maximum Gasteiger partial charge on any atom is 0.337 e. The summed E-state index contributed by atoms with van der Waals surface area (Å²) in [6.07, 6.45) is 0. The summed E-state index contributed by atoms with van der Waals surface area (Å²) in [5, 5.41) is 9.90. The van der Waals surface area contributed by atoms with Crippen molar-refractivity contribution in [1.82, 2.24) is 10.2 Å². The van der Waals surface area contributed by atoms with Crippen molar-refractivity contribution in [3.63, 3.8) is 0 Å². The van der Waals surface area contributed by atoms with Crippen LogP contribution < -0.4 is 10.0 Å². The number of hydrogen-bond donors (Lipinski definition) is 2. The van der Waals surface area contributed by atoms with Crippen LogP contribution in [-0.4, -0.2) is 37.6 Å². The van der Waals surface area contributed by atoms with E-state index in [0.717, 1.165) is 5.56 Å². The largest absolute Gasteiger partial charge is 0.465 e. The van der Waals surface area contributed by atoms with E-state index in [9.17, 15) is 18.0 Å². The van der Waals surface area contributed by atoms with Crippen LogP contribution in [0, 0.1) is 6.92 Å². The van der Waals surface area contributed by atoms with Crippen LogP contribution >= 0.6 is 22.9 Å². The van der Waals surface area contributed by atoms with Gasteiger partial charge in [-0.05, 0) is 37.3 Å². The molecule has 0 spiro atoms. The molecule has 0 radical (unpaired) electrons. The summed E-state index contributed by atoms with van der Waals surface area (Å²) in [6.45, 7) is 1.89. The summed E-state index contributed by atoms with van der Waals surface area (Å²) in [5.74, 6) is -1.10. The highest BCUT2D eigenvalue weighted by molar-refractivity contribution is 7.94. The molecule has 0 saturated carbocycles. The van der Waals surface area contributed by atoms with Crippen molar-refractivity contribution >= 4 is 55.7 Å². The second-order valence-corrected chi connectivity index (χ2v) is 9.23. The molecule has 0 saturated heterocycles. The number of methoxy groups -OCH3 is 1. The molecule has 1 heterocycles. The van der Waals surface area contributed by atoms with E-state index >= 15 is 0 Å². The topological polar surface area (TPSA) is 127 Å². The number of amides is 1. The number of carbonyl (C=O) groups is 2. The maximum absolute atomic E-state index is 12.6. The number of aryl methyl sites for hydroxylation is 1. The number of benzene rings is 2. The Bertz CT molecular complexity index is 1210. The number of carbonyl (C=O) groups excluding carboxylic acids is 2. The molecule has 30 heavy (non-hydrogen) atoms. The average Bonchev–Trinajstić information content (AvgIpc) is 3.19. The second-order valence-electron chi connectivity index (χ2n) is 5.98. The minimum atomic E-state index is -4.16. The molecular formula is C18H15ClN4O5S2. The molecule has 0 aliphatic carbocycles. The predicted molar refractivity (Wildman–Crippen MR) is 113 cm³/mol. The van der Waals surface area contributed by atoms with Crippen molar-refractivity contribution < 1.29 is 22.7 Å². The summed E-state index contributed by atoms with van der Waals surface area (Å²) in [7, 11) is -2.96. The van der Waals surface area contributed by atoms with Crippen LogP contribution in [0.25, 0.3) is 0 Å². The Morgan fingerprint density at radius 1 is 1.07 bits per heavy atom. The lowest BCUT2D eigenvalue weighted by molar-refractivity contribution is 0.0600. The van der Waals surface area contributed by atoms with Gasteiger partial charge in [0.05, 0.1) is 23.4 Å². The summed E-state index contributed by atoms with van der Waals surface area (Å²) < 4.78 is 31.7. The van der Waals surface area contributed by atoms with E-state index in [-0.39, 0.29) is 25.7 Å². The fourth-order valence-corrected chi connectivity index (χ4v) is 4.47. The fraction of sp³-hybridized carbons (Fsp3) is 0.111. The number of anilines is 2. The van der Waals surface area contributed by atoms with E-state index in [2.05, 4.69) is 25.0 Å². The lowest BCUT2D eigenvalue weighted by atomic mass is 10.1. The molecule has 12 heteroatoms. The van der Waals surface area contributed by atoms with Crippen LogP contribution in [0.3, 0.4) is 0 Å². The number of sulfonamides is 1. The SMILES string of the molecule is COC(=O)c1ccc(Cl)c(NS(=O)(=O)c2nnc(NC(=O)c3ccc(C)cc3)s2)c1. The third-order valence-corrected chi connectivity index (χ3v) is 6.70. The zero-order chi connectivity index (χ0) is 21.9. The maximum atomic E-state index is 12.6. The quantitative estimate of drug-likeness (QED) is 0.421. The fourth-order valence-electron chi connectivity index (χ4n) is 2.28. The zero-order valence-electron chi connectivity index (χ0n) is 15.7. The van der Waals surface area contributed by atoms with Crippen LogP contribution in [0.1, 0.15) is 26.3 Å². The van der Waals surface area contributed by atoms with E-state index in [1.807, 2.05) is 6.92 Å². The van der Waals surface area contributed by atoms with Crippen LogP contribution in [0.4, 0.5) is 10.8 Å². The molecule has 0 fully saturated rings. The van der Waals surface area contributed by atoms with Gasteiger partial charge in [0.15, 0.2) is 0 Å². The Labute approximate surface area is 181 Å². The molecule has 0 aliphatic heterocycles. The second kappa shape index (κ2) is 8.78. The molecule has 0 bridgehead atoms. The summed E-state index contributed by atoms with van der Waals surface area (Å²) in [4.78, 5) is 23.9. The number of ether oxygens (including phenoxy) is 1. The molecule has 2 N–H and O–H groups in total. The molecule has 3 rings (SSSR count). The lowest BCUT2D eigenvalue weighted by Gasteiger charge is -2.08. The lowest BCUT2D eigenvalue weighted by Crippen LogP contribution is -2.14. The molecule has 9 nitrogen and oxygen atoms in total. The van der Waals surface area contributed by atoms with Crippen LogP contribution in [0.5, 0.6) is 0 Å². The monoisotopic (exact) mass is 466 g/mol. The van der Waals surface area contributed by atoms with Crippen molar-refractivity contribution in [3.05, 3.63) is 64.2 Å². The minimum absolute atomic E-state index is 0.00959. The molecule has 3 aromatic rings. The zero-order valence-corrected chi connectivity index (χ0v) is 18.1. The minimum Gasteiger partial charge on any atom is -0.465 e. The number of hydrogen-bond acceptors (Lipinski definition) is 8. The van der Waals surface area contributed by atoms with Gasteiger partial charge < -0.3 is 4.74 Å². The number of nitrogens with one attached hydrogen (secondary N) is 2. The molecular weight excluding hydrogens is 452 g/mol. The van der Waals surface area contributed by atoms with E-state index in [4.69, 9.17) is 11.6 Å². The first-order valence-corrected chi connectivity index (χ1v) is 11.0. The molecule has 1 aromatic heterocycles. The van der Waals surface area contributed by atoms with E-state index < -0.39 is 21.9 Å². The molecule has 1 amide bonds. The van der Waals surface area contributed by atoms with E-state index in [0.29, 0.717) is 16.9 Å². The van der Waals surface area contributed by atoms with Crippen LogP contribution in [0.2, 0.25) is 5.02 Å². The molecule has 2 aromatic carbocycles. The third-order valence-electron chi connectivity index (χ3n) is 3.80. The van der Waals surface area contributed by atoms with Gasteiger partial charge in [-0.2, -0.15) is 8.42 Å². The molecule has 0 atom stereocenters. The first-order chi connectivity index (χ1) is 14.2. The highest BCUT2D eigenvalue weighted by Gasteiger charge is 2.23. The Hall–Kier alpha value is -3.02. The van der Waals surface area contributed by atoms with E-state index in [1.165, 1.54) is 25.3 Å². The van der Waals surface area contributed by atoms with Crippen molar-refractivity contribution in [2.45, 2.75) is 11.3 Å². The van der Waals surface area contributed by atoms with Gasteiger partial charge in [-0.15, -0.1) is 10.2 Å². The summed E-state index contributed by atoms with van der Waals surface area (Å²) >= 11 is 6.69. The predicted octanol–water partition coefficient (Wildman–Crippen LogP) is 3.34. The number of aromatic nitrogens is 2. The van der Waals surface area contributed by atoms with Gasteiger partial charge >= 0.3 is 5.97 Å². The van der Waals surface area contributed by atoms with E-state index in [1.54, 1.807) is 24.3 Å². The van der Waals surface area contributed by atoms with Gasteiger partial charge in [0, 0.05) is 5.56 Å². The number of nitrogens with zero attached hydrogens (tertiary/aromatic N) is 2. The van der Waals surface area contributed by atoms with Crippen LogP contribution in [0.15, 0.2) is 46.8 Å². The number of esters is 1. The smallest absolute Gasteiger partial charge is 0.337 e. The van der Waals surface area contributed by atoms with Gasteiger partial charge in [0.1, 0.15) is 0 Å². The van der Waals surface area contributed by atoms with Crippen molar-refractivity contribution in [2.75, 3.05) is 17.1 Å². The summed E-state index contributed by atoms with van der Waals surface area (Å²) in [5.41, 5.74) is 1.48. The van der Waals surface area contributed by atoms with Crippen LogP contribution in [-0.2, 0) is 14.8 Å². The Morgan fingerprint density at radius 3 is 2.40 bits per heavy atom. The van der Waals surface area contributed by atoms with Crippen molar-refractivity contribution in [1.29, 1.82) is 0 Å². The van der Waals surface area contributed by atoms with Gasteiger partial charge in [0.25, 0.3) is 20.3 Å². The number of halogens is 1. The molecule has 156 valence electrons. The summed E-state index contributed by atoms with van der Waals surface area (Å²) in [6, 6.07) is 10.8. The first-order valence-electron chi connectivity index (χ1n) is 8.32. The van der Waals surface area contributed by atoms with Crippen molar-refractivity contribution in [2.24, 2.45) is 0 Å². The van der Waals surface area contributed by atoms with Gasteiger partial charge in [-0.3, -0.25) is 14.8 Å². The highest BCUT2D eigenvalue weighted by atomic mass is 35.5. The Morgan fingerprint density at radius 2 is 1.73 bits per heavy atom. The Kier molecular flexibility index (Phi) is 6.34. The molecule has 0 aliphatic rings. The molecule has 0 unspecified atom stereocenters. The highest BCUT2D eigenvalue weighted by Crippen LogP contribution is 2.28. The van der Waals surface area contributed by atoms with Gasteiger partial charge in [-0.25, -0.2) is 4.79 Å². The first kappa shape index (κ1) is 21.7. The standard InChI is InChI=1S/C18H15ClN4O5S2/c1-10-3-5-11(6-4-10)15(24)20-17-21-22-18(29-17)30(26,27)23-14-9-12(16(25)28-2)7-8-13(14)19/h3-9,23H,1-2H3,(H,20,21,24). The third kappa shape index (κ3) is 4.93. The van der Waals surface area contributed by atoms with Gasteiger partial charge in [-0.1, -0.05) is 40.6 Å².